The molecule has 0 spiro atoms. The number of rotatable bonds is 0. The lowest BCUT2D eigenvalue weighted by Crippen LogP contribution is -2.37. The zero-order chi connectivity index (χ0) is 12.3. The van der Waals surface area contributed by atoms with E-state index >= 15 is 0 Å². The van der Waals surface area contributed by atoms with Crippen LogP contribution in [0.2, 0.25) is 5.02 Å². The summed E-state index contributed by atoms with van der Waals surface area (Å²) in [4.78, 5) is 18.3. The molecule has 90 valence electrons. The number of amidine groups is 1. The van der Waals surface area contributed by atoms with E-state index < -0.39 is 0 Å². The van der Waals surface area contributed by atoms with Gasteiger partial charge in [0.2, 0.25) is 5.95 Å². The van der Waals surface area contributed by atoms with Crippen molar-refractivity contribution in [2.75, 3.05) is 18.0 Å². The first kappa shape index (κ1) is 9.90. The van der Waals surface area contributed by atoms with Gasteiger partial charge in [-0.05, 0) is 18.2 Å². The lowest BCUT2D eigenvalue weighted by molar-refractivity contribution is 0.908. The Morgan fingerprint density at radius 3 is 3.17 bits per heavy atom. The van der Waals surface area contributed by atoms with E-state index in [2.05, 4.69) is 15.2 Å². The molecular formula is C11H8ClN5O. The summed E-state index contributed by atoms with van der Waals surface area (Å²) < 4.78 is 1.53. The average Bonchev–Trinajstić information content (AvgIpc) is 2.95. The van der Waals surface area contributed by atoms with Crippen molar-refractivity contribution in [2.45, 2.75) is 0 Å². The normalized spacial score (nSPS) is 16.1. The fraction of sp³-hybridized carbons (Fsp3) is 0.182. The van der Waals surface area contributed by atoms with Gasteiger partial charge in [0.15, 0.2) is 0 Å². The van der Waals surface area contributed by atoms with E-state index in [9.17, 15) is 4.79 Å². The van der Waals surface area contributed by atoms with Crippen molar-refractivity contribution in [3.05, 3.63) is 39.3 Å². The van der Waals surface area contributed by atoms with Crippen LogP contribution in [0.4, 0.5) is 5.95 Å². The Morgan fingerprint density at radius 1 is 1.39 bits per heavy atom. The zero-order valence-corrected chi connectivity index (χ0v) is 9.98. The fourth-order valence-corrected chi connectivity index (χ4v) is 2.60. The molecule has 0 saturated heterocycles. The first-order valence-electron chi connectivity index (χ1n) is 5.55. The van der Waals surface area contributed by atoms with Crippen LogP contribution in [-0.4, -0.2) is 33.7 Å². The maximum absolute atomic E-state index is 11.9. The van der Waals surface area contributed by atoms with Crippen molar-refractivity contribution in [1.82, 2.24) is 14.8 Å². The van der Waals surface area contributed by atoms with Crippen LogP contribution in [0.1, 0.15) is 5.56 Å². The van der Waals surface area contributed by atoms with E-state index in [1.165, 1.54) is 4.57 Å². The molecule has 4 rings (SSSR count). The quantitative estimate of drug-likeness (QED) is 0.763. The summed E-state index contributed by atoms with van der Waals surface area (Å²) in [5.74, 6) is 1.43. The molecule has 1 N–H and O–H groups in total. The highest BCUT2D eigenvalue weighted by Gasteiger charge is 2.33. The first-order valence-corrected chi connectivity index (χ1v) is 5.93. The Labute approximate surface area is 107 Å². The van der Waals surface area contributed by atoms with E-state index in [-0.39, 0.29) is 5.69 Å². The molecule has 0 atom stereocenters. The summed E-state index contributed by atoms with van der Waals surface area (Å²) in [6, 6.07) is 5.45. The molecule has 0 saturated carbocycles. The van der Waals surface area contributed by atoms with Crippen LogP contribution in [0.25, 0.3) is 5.69 Å². The summed E-state index contributed by atoms with van der Waals surface area (Å²) in [5.41, 5.74) is 1.38. The van der Waals surface area contributed by atoms with E-state index in [4.69, 9.17) is 11.6 Å². The smallest absolute Gasteiger partial charge is 0.293 e. The van der Waals surface area contributed by atoms with Crippen LogP contribution >= 0.6 is 11.6 Å². The van der Waals surface area contributed by atoms with Gasteiger partial charge in [0.25, 0.3) is 0 Å². The predicted octanol–water partition coefficient (Wildman–Crippen LogP) is 0.794. The second-order valence-corrected chi connectivity index (χ2v) is 4.62. The number of aromatic amines is 1. The largest absolute Gasteiger partial charge is 0.349 e. The molecule has 2 aliphatic heterocycles. The van der Waals surface area contributed by atoms with Crippen molar-refractivity contribution >= 4 is 23.4 Å². The molecule has 7 heteroatoms. The number of nitrogens with one attached hydrogen (secondary N) is 1. The molecule has 18 heavy (non-hydrogen) atoms. The molecule has 0 aliphatic carbocycles. The molecule has 2 aliphatic rings. The molecule has 0 unspecified atom stereocenters. The van der Waals surface area contributed by atoms with Crippen molar-refractivity contribution in [2.24, 2.45) is 4.99 Å². The SMILES string of the molecule is O=c1[nH]nc2n1-c1cc(Cl)ccc1C1=NCCN12. The molecule has 0 amide bonds. The van der Waals surface area contributed by atoms with E-state index in [1.54, 1.807) is 12.1 Å². The molecule has 0 bridgehead atoms. The van der Waals surface area contributed by atoms with Gasteiger partial charge in [-0.3, -0.25) is 9.89 Å². The molecule has 2 aromatic rings. The standard InChI is InChI=1S/C11H8ClN5O/c12-6-1-2-7-8(5-6)17-10(14-15-11(17)18)16-4-3-13-9(7)16/h1-2,5H,3-4H2,(H,15,18). The van der Waals surface area contributed by atoms with Crippen molar-refractivity contribution in [1.29, 1.82) is 0 Å². The molecule has 6 nitrogen and oxygen atoms in total. The Bertz CT molecular complexity index is 744. The number of aromatic nitrogens is 3. The third-order valence-electron chi connectivity index (χ3n) is 3.18. The van der Waals surface area contributed by atoms with E-state index in [0.29, 0.717) is 17.5 Å². The average molecular weight is 262 g/mol. The third-order valence-corrected chi connectivity index (χ3v) is 3.41. The van der Waals surface area contributed by atoms with Gasteiger partial charge in [0, 0.05) is 17.1 Å². The highest BCUT2D eigenvalue weighted by Crippen LogP contribution is 2.31. The lowest BCUT2D eigenvalue weighted by atomic mass is 10.1. The molecular weight excluding hydrogens is 254 g/mol. The van der Waals surface area contributed by atoms with E-state index in [0.717, 1.165) is 23.6 Å². The van der Waals surface area contributed by atoms with Crippen LogP contribution in [-0.2, 0) is 0 Å². The van der Waals surface area contributed by atoms with E-state index in [1.807, 2.05) is 11.0 Å². The number of nitrogens with zero attached hydrogens (tertiary/aromatic N) is 4. The number of anilines is 1. The number of H-pyrrole nitrogens is 1. The first-order chi connectivity index (χ1) is 8.75. The lowest BCUT2D eigenvalue weighted by Gasteiger charge is -2.26. The van der Waals surface area contributed by atoms with Gasteiger partial charge < -0.3 is 0 Å². The van der Waals surface area contributed by atoms with Gasteiger partial charge in [-0.15, -0.1) is 5.10 Å². The Morgan fingerprint density at radius 2 is 2.28 bits per heavy atom. The highest BCUT2D eigenvalue weighted by molar-refractivity contribution is 6.31. The number of hydrogen-bond donors (Lipinski definition) is 1. The predicted molar refractivity (Wildman–Crippen MR) is 67.9 cm³/mol. The number of fused-ring (bicyclic) bond motifs is 6. The maximum Gasteiger partial charge on any atom is 0.349 e. The number of hydrogen-bond acceptors (Lipinski definition) is 4. The van der Waals surface area contributed by atoms with Gasteiger partial charge in [-0.2, -0.15) is 0 Å². The highest BCUT2D eigenvalue weighted by atomic mass is 35.5. The van der Waals surface area contributed by atoms with Crippen molar-refractivity contribution < 1.29 is 0 Å². The summed E-state index contributed by atoms with van der Waals surface area (Å²) in [5, 5.41) is 7.11. The molecule has 3 heterocycles. The molecule has 1 aromatic carbocycles. The topological polar surface area (TPSA) is 66.3 Å². The minimum absolute atomic E-state index is 0.264. The van der Waals surface area contributed by atoms with Gasteiger partial charge in [0.1, 0.15) is 5.84 Å². The van der Waals surface area contributed by atoms with Crippen molar-refractivity contribution in [3.8, 4) is 5.69 Å². The molecule has 1 aromatic heterocycles. The van der Waals surface area contributed by atoms with Crippen LogP contribution in [0, 0.1) is 0 Å². The molecule has 0 radical (unpaired) electrons. The van der Waals surface area contributed by atoms with Crippen LogP contribution in [0.15, 0.2) is 28.0 Å². The summed E-state index contributed by atoms with van der Waals surface area (Å²) in [6.45, 7) is 1.44. The van der Waals surface area contributed by atoms with Crippen LogP contribution < -0.4 is 10.6 Å². The number of benzene rings is 1. The minimum Gasteiger partial charge on any atom is -0.293 e. The fourth-order valence-electron chi connectivity index (χ4n) is 2.44. The molecule has 0 fully saturated rings. The van der Waals surface area contributed by atoms with Gasteiger partial charge in [0.05, 0.1) is 12.2 Å². The Kier molecular flexibility index (Phi) is 1.78. The summed E-state index contributed by atoms with van der Waals surface area (Å²) in [7, 11) is 0. The Balaban J connectivity index is 2.14. The van der Waals surface area contributed by atoms with Gasteiger partial charge in [-0.1, -0.05) is 11.6 Å². The number of halogens is 1. The third kappa shape index (κ3) is 1.10. The maximum atomic E-state index is 11.9. The van der Waals surface area contributed by atoms with Gasteiger partial charge in [-0.25, -0.2) is 14.5 Å². The second kappa shape index (κ2) is 3.23. The monoisotopic (exact) mass is 261 g/mol. The summed E-state index contributed by atoms with van der Waals surface area (Å²) in [6.07, 6.45) is 0. The Hall–Kier alpha value is -2.08. The number of aliphatic imine (C=N–C) groups is 1. The second-order valence-electron chi connectivity index (χ2n) is 4.18. The van der Waals surface area contributed by atoms with Crippen LogP contribution in [0.3, 0.4) is 0 Å². The zero-order valence-electron chi connectivity index (χ0n) is 9.22. The van der Waals surface area contributed by atoms with Crippen molar-refractivity contribution in [3.63, 3.8) is 0 Å². The summed E-state index contributed by atoms with van der Waals surface area (Å²) >= 11 is 6.01. The minimum atomic E-state index is -0.264. The van der Waals surface area contributed by atoms with Crippen LogP contribution in [0.5, 0.6) is 0 Å². The van der Waals surface area contributed by atoms with Gasteiger partial charge >= 0.3 is 5.69 Å².